The molecule has 0 aliphatic heterocycles. The molecule has 0 unspecified atom stereocenters. The molecular formula is C16H28O4Si. The minimum absolute atomic E-state index is 0.0712. The van der Waals surface area contributed by atoms with Gasteiger partial charge < -0.3 is 14.0 Å². The van der Waals surface area contributed by atoms with Crippen LogP contribution in [0.15, 0.2) is 24.3 Å². The molecule has 0 rings (SSSR count). The van der Waals surface area contributed by atoms with Gasteiger partial charge in [-0.2, -0.15) is 0 Å². The lowest BCUT2D eigenvalue weighted by molar-refractivity contribution is -0.137. The van der Waals surface area contributed by atoms with Gasteiger partial charge in [0.05, 0.1) is 6.61 Å². The maximum atomic E-state index is 11.1. The van der Waals surface area contributed by atoms with Gasteiger partial charge in [0.15, 0.2) is 8.32 Å². The Morgan fingerprint density at radius 1 is 1.24 bits per heavy atom. The predicted molar refractivity (Wildman–Crippen MR) is 87.7 cm³/mol. The summed E-state index contributed by atoms with van der Waals surface area (Å²) in [5.41, 5.74) is 0. The molecule has 0 aliphatic rings. The first-order valence-electron chi connectivity index (χ1n) is 7.27. The van der Waals surface area contributed by atoms with Crippen molar-refractivity contribution in [1.82, 2.24) is 0 Å². The fourth-order valence-electron chi connectivity index (χ4n) is 1.30. The van der Waals surface area contributed by atoms with Crippen molar-refractivity contribution in [1.29, 1.82) is 0 Å². The van der Waals surface area contributed by atoms with Crippen LogP contribution in [-0.4, -0.2) is 33.3 Å². The van der Waals surface area contributed by atoms with Gasteiger partial charge in [-0.25, -0.2) is 4.79 Å². The lowest BCUT2D eigenvalue weighted by Gasteiger charge is -2.37. The number of hydrogen-bond donors (Lipinski definition) is 0. The summed E-state index contributed by atoms with van der Waals surface area (Å²) >= 11 is 0. The Balaban J connectivity index is 4.41. The van der Waals surface area contributed by atoms with Crippen molar-refractivity contribution in [2.45, 2.75) is 58.4 Å². The van der Waals surface area contributed by atoms with Crippen LogP contribution in [0, 0.1) is 0 Å². The minimum Gasteiger partial charge on any atom is -0.463 e. The Morgan fingerprint density at radius 2 is 1.86 bits per heavy atom. The smallest absolute Gasteiger partial charge is 0.330 e. The zero-order valence-corrected chi connectivity index (χ0v) is 15.0. The zero-order chi connectivity index (χ0) is 16.5. The highest BCUT2D eigenvalue weighted by Crippen LogP contribution is 2.37. The molecule has 0 amide bonds. The summed E-state index contributed by atoms with van der Waals surface area (Å²) in [6, 6.07) is 0. The molecule has 0 aliphatic carbocycles. The van der Waals surface area contributed by atoms with Crippen molar-refractivity contribution < 1.29 is 18.8 Å². The topological polar surface area (TPSA) is 52.6 Å². The fourth-order valence-corrected chi connectivity index (χ4v) is 2.56. The summed E-state index contributed by atoms with van der Waals surface area (Å²) in [5.74, 6) is -0.369. The van der Waals surface area contributed by atoms with E-state index in [1.54, 1.807) is 19.1 Å². The van der Waals surface area contributed by atoms with Crippen molar-refractivity contribution >= 4 is 20.6 Å². The Kier molecular flexibility index (Phi) is 8.43. The number of carbonyl (C=O) groups excluding carboxylic acids is 2. The lowest BCUT2D eigenvalue weighted by Crippen LogP contribution is -2.44. The van der Waals surface area contributed by atoms with Gasteiger partial charge in [0.2, 0.25) is 0 Å². The SMILES string of the molecule is CCOC(=O)/C=C\C=C\C[C@@H](C=O)O[Si](C)(C)C(C)(C)C. The number of hydrogen-bond acceptors (Lipinski definition) is 4. The van der Waals surface area contributed by atoms with Gasteiger partial charge >= 0.3 is 5.97 Å². The summed E-state index contributed by atoms with van der Waals surface area (Å²) in [7, 11) is -1.94. The molecule has 0 aromatic heterocycles. The number of ether oxygens (including phenoxy) is 1. The molecule has 0 saturated heterocycles. The third-order valence-corrected chi connectivity index (χ3v) is 8.04. The maximum absolute atomic E-state index is 11.1. The van der Waals surface area contributed by atoms with E-state index in [-0.39, 0.29) is 11.0 Å². The van der Waals surface area contributed by atoms with Crippen LogP contribution >= 0.6 is 0 Å². The summed E-state index contributed by atoms with van der Waals surface area (Å²) in [6.07, 6.45) is 7.42. The summed E-state index contributed by atoms with van der Waals surface area (Å²) in [4.78, 5) is 22.2. The van der Waals surface area contributed by atoms with Crippen LogP contribution in [0.3, 0.4) is 0 Å². The quantitative estimate of drug-likeness (QED) is 0.226. The van der Waals surface area contributed by atoms with E-state index in [9.17, 15) is 9.59 Å². The lowest BCUT2D eigenvalue weighted by atomic mass is 10.2. The Labute approximate surface area is 129 Å². The van der Waals surface area contributed by atoms with Crippen LogP contribution in [0.2, 0.25) is 18.1 Å². The zero-order valence-electron chi connectivity index (χ0n) is 14.0. The minimum atomic E-state index is -1.94. The van der Waals surface area contributed by atoms with Crippen LogP contribution in [-0.2, 0) is 18.8 Å². The summed E-state index contributed by atoms with van der Waals surface area (Å²) < 4.78 is 10.8. The first-order chi connectivity index (χ1) is 9.64. The molecule has 4 nitrogen and oxygen atoms in total. The normalized spacial score (nSPS) is 14.6. The molecule has 5 heteroatoms. The second-order valence-corrected chi connectivity index (χ2v) is 11.1. The molecule has 0 fully saturated rings. The third kappa shape index (κ3) is 7.97. The van der Waals surface area contributed by atoms with E-state index in [0.717, 1.165) is 6.29 Å². The van der Waals surface area contributed by atoms with Crippen molar-refractivity contribution in [3.63, 3.8) is 0 Å². The van der Waals surface area contributed by atoms with E-state index in [2.05, 4.69) is 33.9 Å². The van der Waals surface area contributed by atoms with Crippen LogP contribution in [0.1, 0.15) is 34.1 Å². The number of allylic oxidation sites excluding steroid dienone is 2. The molecule has 0 saturated carbocycles. The standard InChI is InChI=1S/C16H28O4Si/c1-7-19-15(18)12-10-8-9-11-14(13-17)20-21(5,6)16(2,3)4/h8-10,12-14H,7,11H2,1-6H3/b9-8+,12-10-/t14-/m0/s1. The average molecular weight is 312 g/mol. The molecule has 120 valence electrons. The van der Waals surface area contributed by atoms with Crippen LogP contribution in [0.25, 0.3) is 0 Å². The van der Waals surface area contributed by atoms with Gasteiger partial charge in [0, 0.05) is 6.08 Å². The molecule has 0 bridgehead atoms. The summed E-state index contributed by atoms with van der Waals surface area (Å²) in [5, 5.41) is 0.0712. The second-order valence-electron chi connectivity index (χ2n) is 6.33. The van der Waals surface area contributed by atoms with Crippen LogP contribution in [0.5, 0.6) is 0 Å². The van der Waals surface area contributed by atoms with Gasteiger partial charge in [-0.05, 0) is 31.5 Å². The molecule has 0 aromatic rings. The highest BCUT2D eigenvalue weighted by atomic mass is 28.4. The van der Waals surface area contributed by atoms with E-state index in [1.165, 1.54) is 6.08 Å². The van der Waals surface area contributed by atoms with Crippen molar-refractivity contribution in [3.8, 4) is 0 Å². The highest BCUT2D eigenvalue weighted by Gasteiger charge is 2.38. The number of carbonyl (C=O) groups is 2. The highest BCUT2D eigenvalue weighted by molar-refractivity contribution is 6.74. The first-order valence-corrected chi connectivity index (χ1v) is 10.2. The molecule has 0 heterocycles. The fraction of sp³-hybridized carbons (Fsp3) is 0.625. The third-order valence-electron chi connectivity index (χ3n) is 3.54. The average Bonchev–Trinajstić information content (AvgIpc) is 2.35. The molecule has 21 heavy (non-hydrogen) atoms. The Hall–Kier alpha value is -1.20. The molecule has 1 atom stereocenters. The predicted octanol–water partition coefficient (Wildman–Crippen LogP) is 3.64. The van der Waals surface area contributed by atoms with E-state index >= 15 is 0 Å². The molecule has 0 N–H and O–H groups in total. The number of rotatable bonds is 8. The molecule has 0 aromatic carbocycles. The van der Waals surface area contributed by atoms with Gasteiger partial charge in [0.25, 0.3) is 0 Å². The van der Waals surface area contributed by atoms with E-state index in [4.69, 9.17) is 9.16 Å². The monoisotopic (exact) mass is 312 g/mol. The van der Waals surface area contributed by atoms with Gasteiger partial charge in [-0.1, -0.05) is 39.0 Å². The number of esters is 1. The molecule has 0 radical (unpaired) electrons. The summed E-state index contributed by atoms with van der Waals surface area (Å²) in [6.45, 7) is 12.8. The first kappa shape index (κ1) is 19.8. The van der Waals surface area contributed by atoms with Gasteiger partial charge in [-0.15, -0.1) is 0 Å². The maximum Gasteiger partial charge on any atom is 0.330 e. The Bertz CT molecular complexity index is 392. The van der Waals surface area contributed by atoms with E-state index < -0.39 is 14.4 Å². The second kappa shape index (κ2) is 8.95. The van der Waals surface area contributed by atoms with Crippen LogP contribution < -0.4 is 0 Å². The molecule has 0 spiro atoms. The van der Waals surface area contributed by atoms with Crippen molar-refractivity contribution in [2.75, 3.05) is 6.61 Å². The molecular weight excluding hydrogens is 284 g/mol. The van der Waals surface area contributed by atoms with Crippen LogP contribution in [0.4, 0.5) is 0 Å². The Morgan fingerprint density at radius 3 is 2.33 bits per heavy atom. The van der Waals surface area contributed by atoms with E-state index in [1.807, 2.05) is 6.08 Å². The van der Waals surface area contributed by atoms with Crippen molar-refractivity contribution in [3.05, 3.63) is 24.3 Å². The van der Waals surface area contributed by atoms with Gasteiger partial charge in [-0.3, -0.25) is 0 Å². The van der Waals surface area contributed by atoms with E-state index in [0.29, 0.717) is 13.0 Å². The van der Waals surface area contributed by atoms with Gasteiger partial charge in [0.1, 0.15) is 12.4 Å². The largest absolute Gasteiger partial charge is 0.463 e. The number of aldehydes is 1. The van der Waals surface area contributed by atoms with Crippen molar-refractivity contribution in [2.24, 2.45) is 0 Å².